The van der Waals surface area contributed by atoms with Gasteiger partial charge in [-0.1, -0.05) is 6.07 Å². The number of hydrogen-bond acceptors (Lipinski definition) is 2. The van der Waals surface area contributed by atoms with E-state index >= 15 is 0 Å². The van der Waals surface area contributed by atoms with Crippen LogP contribution in [-0.4, -0.2) is 22.5 Å². The highest BCUT2D eigenvalue weighted by Crippen LogP contribution is 2.28. The maximum atomic E-state index is 4.75. The first-order chi connectivity index (χ1) is 7.86. The van der Waals surface area contributed by atoms with Crippen LogP contribution in [0.1, 0.15) is 30.3 Å². The number of imidazole rings is 1. The molecule has 0 radical (unpaired) electrons. The van der Waals surface area contributed by atoms with Crippen LogP contribution in [0.25, 0.3) is 5.52 Å². The molecular formula is C13H17N3. The molecule has 3 nitrogen and oxygen atoms in total. The minimum Gasteiger partial charge on any atom is -0.317 e. The van der Waals surface area contributed by atoms with Crippen molar-refractivity contribution in [1.29, 1.82) is 0 Å². The van der Waals surface area contributed by atoms with Crippen molar-refractivity contribution in [3.63, 3.8) is 0 Å². The smallest absolute Gasteiger partial charge is 0.110 e. The fraction of sp³-hybridized carbons (Fsp3) is 0.462. The number of nitrogens with one attached hydrogen (secondary N) is 1. The summed E-state index contributed by atoms with van der Waals surface area (Å²) in [5.41, 5.74) is 2.58. The maximum absolute atomic E-state index is 4.75. The van der Waals surface area contributed by atoms with E-state index in [9.17, 15) is 0 Å². The van der Waals surface area contributed by atoms with Crippen LogP contribution in [0.3, 0.4) is 0 Å². The lowest BCUT2D eigenvalue weighted by atomic mass is 9.94. The zero-order chi connectivity index (χ0) is 11.0. The highest BCUT2D eigenvalue weighted by Gasteiger charge is 2.20. The molecule has 1 fully saturated rings. The van der Waals surface area contributed by atoms with Gasteiger partial charge in [0.05, 0.1) is 11.2 Å². The van der Waals surface area contributed by atoms with Gasteiger partial charge < -0.3 is 9.72 Å². The van der Waals surface area contributed by atoms with Gasteiger partial charge in [0.2, 0.25) is 0 Å². The lowest BCUT2D eigenvalue weighted by molar-refractivity contribution is 0.456. The van der Waals surface area contributed by atoms with Crippen molar-refractivity contribution in [2.24, 2.45) is 0 Å². The van der Waals surface area contributed by atoms with Gasteiger partial charge in [0.15, 0.2) is 0 Å². The van der Waals surface area contributed by atoms with Gasteiger partial charge in [-0.2, -0.15) is 0 Å². The van der Waals surface area contributed by atoms with Crippen LogP contribution in [0.4, 0.5) is 0 Å². The Hall–Kier alpha value is -1.35. The van der Waals surface area contributed by atoms with E-state index in [1.807, 2.05) is 0 Å². The minimum absolute atomic E-state index is 0.632. The van der Waals surface area contributed by atoms with Crippen molar-refractivity contribution < 1.29 is 0 Å². The van der Waals surface area contributed by atoms with E-state index in [1.54, 1.807) is 0 Å². The molecule has 0 amide bonds. The first-order valence-electron chi connectivity index (χ1n) is 6.00. The van der Waals surface area contributed by atoms with E-state index in [0.29, 0.717) is 5.92 Å². The van der Waals surface area contributed by atoms with Crippen LogP contribution in [-0.2, 0) is 0 Å². The SMILES string of the molecule is Cc1nc(C2CCNCC2)c2ccccn12. The summed E-state index contributed by atoms with van der Waals surface area (Å²) in [6.07, 6.45) is 4.52. The molecule has 84 valence electrons. The van der Waals surface area contributed by atoms with Crippen molar-refractivity contribution in [3.8, 4) is 0 Å². The number of pyridine rings is 1. The van der Waals surface area contributed by atoms with Gasteiger partial charge in [-0.05, 0) is 45.0 Å². The molecule has 0 aromatic carbocycles. The summed E-state index contributed by atoms with van der Waals surface area (Å²) >= 11 is 0. The summed E-state index contributed by atoms with van der Waals surface area (Å²) in [6, 6.07) is 6.34. The zero-order valence-electron chi connectivity index (χ0n) is 9.61. The molecular weight excluding hydrogens is 198 g/mol. The van der Waals surface area contributed by atoms with Crippen LogP contribution >= 0.6 is 0 Å². The van der Waals surface area contributed by atoms with Crippen molar-refractivity contribution in [1.82, 2.24) is 14.7 Å². The summed E-state index contributed by atoms with van der Waals surface area (Å²) in [5, 5.41) is 3.40. The molecule has 1 aliphatic heterocycles. The maximum Gasteiger partial charge on any atom is 0.110 e. The van der Waals surface area contributed by atoms with E-state index in [2.05, 4.69) is 41.0 Å². The Balaban J connectivity index is 2.08. The molecule has 2 aromatic rings. The molecule has 1 N–H and O–H groups in total. The summed E-state index contributed by atoms with van der Waals surface area (Å²) in [5.74, 6) is 1.73. The van der Waals surface area contributed by atoms with Gasteiger partial charge in [0.1, 0.15) is 5.82 Å². The number of rotatable bonds is 1. The van der Waals surface area contributed by atoms with E-state index in [-0.39, 0.29) is 0 Å². The molecule has 2 aromatic heterocycles. The number of aryl methyl sites for hydroxylation is 1. The molecule has 1 saturated heterocycles. The van der Waals surface area contributed by atoms with Crippen LogP contribution in [0.5, 0.6) is 0 Å². The molecule has 3 rings (SSSR count). The topological polar surface area (TPSA) is 29.3 Å². The number of nitrogens with zero attached hydrogens (tertiary/aromatic N) is 2. The Morgan fingerprint density at radius 1 is 1.31 bits per heavy atom. The summed E-state index contributed by atoms with van der Waals surface area (Å²) in [7, 11) is 0. The third-order valence-electron chi connectivity index (χ3n) is 3.48. The Morgan fingerprint density at radius 2 is 2.12 bits per heavy atom. The lowest BCUT2D eigenvalue weighted by Crippen LogP contribution is -2.26. The average molecular weight is 215 g/mol. The van der Waals surface area contributed by atoms with Crippen molar-refractivity contribution in [2.75, 3.05) is 13.1 Å². The second-order valence-electron chi connectivity index (χ2n) is 4.52. The normalized spacial score (nSPS) is 18.1. The van der Waals surface area contributed by atoms with Crippen molar-refractivity contribution in [2.45, 2.75) is 25.7 Å². The molecule has 0 unspecified atom stereocenters. The van der Waals surface area contributed by atoms with E-state index in [4.69, 9.17) is 4.98 Å². The standard InChI is InChI=1S/C13H17N3/c1-10-15-13(11-5-7-14-8-6-11)12-4-2-3-9-16(10)12/h2-4,9,11,14H,5-8H2,1H3. The second kappa shape index (κ2) is 3.91. The highest BCUT2D eigenvalue weighted by atomic mass is 15.0. The Bertz CT molecular complexity index is 495. The molecule has 0 atom stereocenters. The number of piperidine rings is 1. The van der Waals surface area contributed by atoms with Crippen LogP contribution in [0.15, 0.2) is 24.4 Å². The summed E-state index contributed by atoms with van der Waals surface area (Å²) in [6.45, 7) is 4.32. The second-order valence-corrected chi connectivity index (χ2v) is 4.52. The van der Waals surface area contributed by atoms with Crippen LogP contribution in [0, 0.1) is 6.92 Å². The molecule has 3 heterocycles. The van der Waals surface area contributed by atoms with Gasteiger partial charge in [-0.25, -0.2) is 4.98 Å². The Morgan fingerprint density at radius 3 is 2.94 bits per heavy atom. The minimum atomic E-state index is 0.632. The van der Waals surface area contributed by atoms with Gasteiger partial charge in [0.25, 0.3) is 0 Å². The quantitative estimate of drug-likeness (QED) is 0.789. The van der Waals surface area contributed by atoms with Crippen LogP contribution < -0.4 is 5.32 Å². The molecule has 16 heavy (non-hydrogen) atoms. The van der Waals surface area contributed by atoms with E-state index in [0.717, 1.165) is 18.9 Å². The molecule has 1 aliphatic rings. The third-order valence-corrected chi connectivity index (χ3v) is 3.48. The molecule has 0 saturated carbocycles. The fourth-order valence-corrected chi connectivity index (χ4v) is 2.62. The Labute approximate surface area is 95.5 Å². The zero-order valence-corrected chi connectivity index (χ0v) is 9.61. The Kier molecular flexibility index (Phi) is 2.40. The fourth-order valence-electron chi connectivity index (χ4n) is 2.62. The highest BCUT2D eigenvalue weighted by molar-refractivity contribution is 5.54. The lowest BCUT2D eigenvalue weighted by Gasteiger charge is -2.21. The predicted molar refractivity (Wildman–Crippen MR) is 64.8 cm³/mol. The van der Waals surface area contributed by atoms with Crippen molar-refractivity contribution in [3.05, 3.63) is 35.9 Å². The van der Waals surface area contributed by atoms with E-state index < -0.39 is 0 Å². The molecule has 3 heteroatoms. The first kappa shape index (κ1) is 9.85. The molecule has 0 spiro atoms. The molecule has 0 aliphatic carbocycles. The van der Waals surface area contributed by atoms with Gasteiger partial charge in [-0.3, -0.25) is 0 Å². The average Bonchev–Trinajstić information content (AvgIpc) is 2.69. The largest absolute Gasteiger partial charge is 0.317 e. The van der Waals surface area contributed by atoms with Crippen LogP contribution in [0.2, 0.25) is 0 Å². The number of fused-ring (bicyclic) bond motifs is 1. The summed E-state index contributed by atoms with van der Waals surface area (Å²) < 4.78 is 2.19. The number of hydrogen-bond donors (Lipinski definition) is 1. The third kappa shape index (κ3) is 1.52. The van der Waals surface area contributed by atoms with E-state index in [1.165, 1.54) is 24.1 Å². The summed E-state index contributed by atoms with van der Waals surface area (Å²) in [4.78, 5) is 4.75. The monoisotopic (exact) mass is 215 g/mol. The predicted octanol–water partition coefficient (Wildman–Crippen LogP) is 2.11. The van der Waals surface area contributed by atoms with Gasteiger partial charge in [0, 0.05) is 12.1 Å². The first-order valence-corrected chi connectivity index (χ1v) is 6.00. The number of aromatic nitrogens is 2. The van der Waals surface area contributed by atoms with Gasteiger partial charge >= 0.3 is 0 Å². The van der Waals surface area contributed by atoms with Gasteiger partial charge in [-0.15, -0.1) is 0 Å². The van der Waals surface area contributed by atoms with Crippen molar-refractivity contribution >= 4 is 5.52 Å². The molecule has 0 bridgehead atoms.